The van der Waals surface area contributed by atoms with E-state index >= 15 is 0 Å². The van der Waals surface area contributed by atoms with Crippen molar-refractivity contribution >= 4 is 5.96 Å². The van der Waals surface area contributed by atoms with E-state index < -0.39 is 0 Å². The summed E-state index contributed by atoms with van der Waals surface area (Å²) in [6.07, 6.45) is 4.83. The van der Waals surface area contributed by atoms with Crippen LogP contribution in [0.3, 0.4) is 0 Å². The van der Waals surface area contributed by atoms with Crippen LogP contribution in [-0.4, -0.2) is 42.0 Å². The van der Waals surface area contributed by atoms with Crippen LogP contribution < -0.4 is 10.6 Å². The number of nitrogens with zero attached hydrogens (tertiary/aromatic N) is 3. The standard InChI is InChI=1S/C18H27N5O/c1-3-19-18(20-11-8-12-24-4-2)21-13-16-14-22-23(15-16)17-9-6-5-7-10-17/h5-7,9-10,14-15H,3-4,8,11-13H2,1-2H3,(H2,19,20,21). The highest BCUT2D eigenvalue weighted by Gasteiger charge is 2.01. The van der Waals surface area contributed by atoms with Gasteiger partial charge in [-0.3, -0.25) is 0 Å². The van der Waals surface area contributed by atoms with E-state index in [1.807, 2.05) is 54.3 Å². The van der Waals surface area contributed by atoms with Crippen LogP contribution in [-0.2, 0) is 11.3 Å². The van der Waals surface area contributed by atoms with Crippen molar-refractivity contribution in [3.8, 4) is 5.69 Å². The van der Waals surface area contributed by atoms with Gasteiger partial charge in [0, 0.05) is 38.1 Å². The number of hydrogen-bond acceptors (Lipinski definition) is 3. The first-order chi connectivity index (χ1) is 11.8. The molecule has 6 heteroatoms. The third-order valence-corrected chi connectivity index (χ3v) is 3.38. The Kier molecular flexibility index (Phi) is 7.83. The second kappa shape index (κ2) is 10.4. The minimum Gasteiger partial charge on any atom is -0.382 e. The summed E-state index contributed by atoms with van der Waals surface area (Å²) in [4.78, 5) is 4.61. The van der Waals surface area contributed by atoms with Gasteiger partial charge in [0.15, 0.2) is 5.96 Å². The van der Waals surface area contributed by atoms with Crippen molar-refractivity contribution in [2.24, 2.45) is 4.99 Å². The first-order valence-electron chi connectivity index (χ1n) is 8.52. The summed E-state index contributed by atoms with van der Waals surface area (Å²) in [5.74, 6) is 0.821. The maximum atomic E-state index is 5.34. The molecule has 1 heterocycles. The molecule has 0 amide bonds. The Hall–Kier alpha value is -2.34. The van der Waals surface area contributed by atoms with Crippen LogP contribution in [0.4, 0.5) is 0 Å². The molecule has 0 aliphatic heterocycles. The van der Waals surface area contributed by atoms with Crippen molar-refractivity contribution in [2.75, 3.05) is 26.3 Å². The minimum atomic E-state index is 0.591. The number of aromatic nitrogens is 2. The van der Waals surface area contributed by atoms with Gasteiger partial charge in [0.25, 0.3) is 0 Å². The van der Waals surface area contributed by atoms with E-state index in [1.165, 1.54) is 0 Å². The number of rotatable bonds is 9. The van der Waals surface area contributed by atoms with Gasteiger partial charge in [0.05, 0.1) is 18.4 Å². The van der Waals surface area contributed by atoms with Gasteiger partial charge in [-0.2, -0.15) is 5.10 Å². The Morgan fingerprint density at radius 1 is 1.21 bits per heavy atom. The zero-order chi connectivity index (χ0) is 17.0. The van der Waals surface area contributed by atoms with Crippen molar-refractivity contribution in [2.45, 2.75) is 26.8 Å². The zero-order valence-electron chi connectivity index (χ0n) is 14.5. The van der Waals surface area contributed by atoms with Crippen LogP contribution in [0.15, 0.2) is 47.7 Å². The molecule has 0 radical (unpaired) electrons. The molecule has 24 heavy (non-hydrogen) atoms. The average molecular weight is 329 g/mol. The van der Waals surface area contributed by atoms with E-state index in [1.54, 1.807) is 0 Å². The topological polar surface area (TPSA) is 63.5 Å². The van der Waals surface area contributed by atoms with E-state index in [2.05, 4.69) is 27.6 Å². The lowest BCUT2D eigenvalue weighted by molar-refractivity contribution is 0.145. The van der Waals surface area contributed by atoms with Crippen molar-refractivity contribution in [1.82, 2.24) is 20.4 Å². The highest BCUT2D eigenvalue weighted by Crippen LogP contribution is 2.08. The molecule has 0 spiro atoms. The van der Waals surface area contributed by atoms with E-state index in [9.17, 15) is 0 Å². The SMILES string of the molecule is CCNC(=NCc1cnn(-c2ccccc2)c1)NCCCOCC. The van der Waals surface area contributed by atoms with Crippen molar-refractivity contribution < 1.29 is 4.74 Å². The van der Waals surface area contributed by atoms with Crippen molar-refractivity contribution in [3.05, 3.63) is 48.3 Å². The number of guanidine groups is 1. The summed E-state index contributed by atoms with van der Waals surface area (Å²) >= 11 is 0. The first-order valence-corrected chi connectivity index (χ1v) is 8.52. The summed E-state index contributed by atoms with van der Waals surface area (Å²) in [7, 11) is 0. The van der Waals surface area contributed by atoms with Crippen LogP contribution in [0, 0.1) is 0 Å². The predicted octanol–water partition coefficient (Wildman–Crippen LogP) is 2.35. The van der Waals surface area contributed by atoms with Crippen LogP contribution in [0.1, 0.15) is 25.8 Å². The largest absolute Gasteiger partial charge is 0.382 e. The lowest BCUT2D eigenvalue weighted by Gasteiger charge is -2.10. The third-order valence-electron chi connectivity index (χ3n) is 3.38. The van der Waals surface area contributed by atoms with E-state index in [4.69, 9.17) is 4.74 Å². The van der Waals surface area contributed by atoms with Crippen molar-refractivity contribution in [3.63, 3.8) is 0 Å². The summed E-state index contributed by atoms with van der Waals surface area (Å²) in [6, 6.07) is 10.1. The maximum Gasteiger partial charge on any atom is 0.191 e. The van der Waals surface area contributed by atoms with E-state index in [0.29, 0.717) is 6.54 Å². The number of para-hydroxylation sites is 1. The molecule has 1 aromatic carbocycles. The Labute approximate surface area is 143 Å². The molecule has 2 rings (SSSR count). The van der Waals surface area contributed by atoms with Gasteiger partial charge < -0.3 is 15.4 Å². The lowest BCUT2D eigenvalue weighted by Crippen LogP contribution is -2.38. The van der Waals surface area contributed by atoms with Gasteiger partial charge in [-0.1, -0.05) is 18.2 Å². The molecule has 1 aromatic heterocycles. The Balaban J connectivity index is 1.87. The molecule has 0 fully saturated rings. The number of benzene rings is 1. The van der Waals surface area contributed by atoms with Gasteiger partial charge in [-0.05, 0) is 32.4 Å². The van der Waals surface area contributed by atoms with E-state index in [0.717, 1.165) is 49.9 Å². The highest BCUT2D eigenvalue weighted by atomic mass is 16.5. The van der Waals surface area contributed by atoms with Gasteiger partial charge >= 0.3 is 0 Å². The molecule has 2 N–H and O–H groups in total. The zero-order valence-corrected chi connectivity index (χ0v) is 14.5. The van der Waals surface area contributed by atoms with Crippen LogP contribution in [0.5, 0.6) is 0 Å². The molecule has 0 bridgehead atoms. The molecule has 130 valence electrons. The van der Waals surface area contributed by atoms with Gasteiger partial charge in [0.1, 0.15) is 0 Å². The molecule has 0 saturated heterocycles. The van der Waals surface area contributed by atoms with Crippen LogP contribution in [0.25, 0.3) is 5.69 Å². The highest BCUT2D eigenvalue weighted by molar-refractivity contribution is 5.79. The quantitative estimate of drug-likeness (QED) is 0.421. The Bertz CT molecular complexity index is 609. The fourth-order valence-electron chi connectivity index (χ4n) is 2.20. The van der Waals surface area contributed by atoms with Gasteiger partial charge in [-0.25, -0.2) is 9.67 Å². The maximum absolute atomic E-state index is 5.34. The molecule has 0 saturated carbocycles. The molecule has 2 aromatic rings. The smallest absolute Gasteiger partial charge is 0.191 e. The lowest BCUT2D eigenvalue weighted by atomic mass is 10.3. The fraction of sp³-hybridized carbons (Fsp3) is 0.444. The first kappa shape index (κ1) is 18.0. The van der Waals surface area contributed by atoms with E-state index in [-0.39, 0.29) is 0 Å². The molecule has 0 atom stereocenters. The molecule has 6 nitrogen and oxygen atoms in total. The molecular weight excluding hydrogens is 302 g/mol. The van der Waals surface area contributed by atoms with Gasteiger partial charge in [0.2, 0.25) is 0 Å². The normalized spacial score (nSPS) is 11.5. The van der Waals surface area contributed by atoms with Gasteiger partial charge in [-0.15, -0.1) is 0 Å². The monoisotopic (exact) mass is 329 g/mol. The second-order valence-corrected chi connectivity index (χ2v) is 5.30. The molecule has 0 aliphatic carbocycles. The predicted molar refractivity (Wildman–Crippen MR) is 97.5 cm³/mol. The van der Waals surface area contributed by atoms with Crippen LogP contribution in [0.2, 0.25) is 0 Å². The second-order valence-electron chi connectivity index (χ2n) is 5.30. The van der Waals surface area contributed by atoms with Crippen molar-refractivity contribution in [1.29, 1.82) is 0 Å². The summed E-state index contributed by atoms with van der Waals surface area (Å²) < 4.78 is 7.21. The number of ether oxygens (including phenoxy) is 1. The number of nitrogens with one attached hydrogen (secondary N) is 2. The minimum absolute atomic E-state index is 0.591. The third kappa shape index (κ3) is 6.04. The molecule has 0 aliphatic rings. The average Bonchev–Trinajstić information content (AvgIpc) is 3.09. The molecule has 0 unspecified atom stereocenters. The van der Waals surface area contributed by atoms with Crippen LogP contribution >= 0.6 is 0 Å². The number of hydrogen-bond donors (Lipinski definition) is 2. The number of aliphatic imine (C=N–C) groups is 1. The fourth-order valence-corrected chi connectivity index (χ4v) is 2.20. The molecular formula is C18H27N5O. The Morgan fingerprint density at radius 2 is 2.04 bits per heavy atom. The summed E-state index contributed by atoms with van der Waals surface area (Å²) in [5, 5.41) is 11.0. The summed E-state index contributed by atoms with van der Waals surface area (Å²) in [5.41, 5.74) is 2.12. The summed E-state index contributed by atoms with van der Waals surface area (Å²) in [6.45, 7) is 7.87. The Morgan fingerprint density at radius 3 is 2.79 bits per heavy atom.